The molecule has 1 saturated heterocycles. The number of aliphatic hydroxyl groups excluding tert-OH is 1. The average molecular weight is 241 g/mol. The van der Waals surface area contributed by atoms with E-state index in [1.54, 1.807) is 24.3 Å². The van der Waals surface area contributed by atoms with Crippen LogP contribution >= 0.6 is 11.6 Å². The number of ether oxygens (including phenoxy) is 1. The molecule has 0 spiro atoms. The number of hydrogen-bond donors (Lipinski definition) is 1. The van der Waals surface area contributed by atoms with Gasteiger partial charge in [0.05, 0.1) is 25.2 Å². The third-order valence-electron chi connectivity index (χ3n) is 2.80. The lowest BCUT2D eigenvalue weighted by molar-refractivity contribution is -0.136. The normalized spacial score (nSPS) is 23.1. The number of rotatable bonds is 2. The summed E-state index contributed by atoms with van der Waals surface area (Å²) < 4.78 is 5.21. The van der Waals surface area contributed by atoms with Crippen LogP contribution in [0.1, 0.15) is 18.1 Å². The highest BCUT2D eigenvalue weighted by atomic mass is 35.5. The van der Waals surface area contributed by atoms with Gasteiger partial charge in [-0.05, 0) is 17.7 Å². The SMILES string of the molecule is O=C1CCOC[C@H]1C(O)c1ccc(Cl)cc1. The Kier molecular flexibility index (Phi) is 3.59. The van der Waals surface area contributed by atoms with Crippen LogP contribution in [0.15, 0.2) is 24.3 Å². The third-order valence-corrected chi connectivity index (χ3v) is 3.05. The van der Waals surface area contributed by atoms with Gasteiger partial charge in [0.25, 0.3) is 0 Å². The van der Waals surface area contributed by atoms with Crippen LogP contribution in [0.5, 0.6) is 0 Å². The molecule has 1 aliphatic rings. The first-order valence-electron chi connectivity index (χ1n) is 5.22. The van der Waals surface area contributed by atoms with Gasteiger partial charge in [-0.3, -0.25) is 4.79 Å². The summed E-state index contributed by atoms with van der Waals surface area (Å²) in [6.07, 6.45) is -0.417. The predicted molar refractivity (Wildman–Crippen MR) is 60.3 cm³/mol. The van der Waals surface area contributed by atoms with E-state index in [0.717, 1.165) is 0 Å². The van der Waals surface area contributed by atoms with E-state index in [0.29, 0.717) is 30.2 Å². The lowest BCUT2D eigenvalue weighted by Gasteiger charge is -2.25. The predicted octanol–water partition coefficient (Wildman–Crippen LogP) is 1.98. The molecular formula is C12H13ClO3. The van der Waals surface area contributed by atoms with Gasteiger partial charge in [-0.1, -0.05) is 23.7 Å². The van der Waals surface area contributed by atoms with Crippen LogP contribution in [-0.4, -0.2) is 24.1 Å². The Morgan fingerprint density at radius 3 is 2.69 bits per heavy atom. The molecule has 0 amide bonds. The topological polar surface area (TPSA) is 46.5 Å². The Bertz CT molecular complexity index is 374. The zero-order chi connectivity index (χ0) is 11.5. The van der Waals surface area contributed by atoms with Gasteiger partial charge in [0.2, 0.25) is 0 Å². The van der Waals surface area contributed by atoms with Crippen molar-refractivity contribution < 1.29 is 14.6 Å². The molecule has 0 radical (unpaired) electrons. The summed E-state index contributed by atoms with van der Waals surface area (Å²) in [6.45, 7) is 0.755. The van der Waals surface area contributed by atoms with Crippen LogP contribution in [0.25, 0.3) is 0 Å². The number of ketones is 1. The number of Topliss-reactive ketones (excluding diaryl/α,β-unsaturated/α-hetero) is 1. The van der Waals surface area contributed by atoms with Crippen molar-refractivity contribution in [3.8, 4) is 0 Å². The van der Waals surface area contributed by atoms with E-state index < -0.39 is 12.0 Å². The van der Waals surface area contributed by atoms with E-state index in [-0.39, 0.29) is 5.78 Å². The van der Waals surface area contributed by atoms with Gasteiger partial charge >= 0.3 is 0 Å². The third kappa shape index (κ3) is 2.43. The Labute approximate surface area is 99.0 Å². The van der Waals surface area contributed by atoms with Gasteiger partial charge in [-0.2, -0.15) is 0 Å². The lowest BCUT2D eigenvalue weighted by atomic mass is 9.90. The van der Waals surface area contributed by atoms with Crippen LogP contribution in [0, 0.1) is 5.92 Å². The van der Waals surface area contributed by atoms with E-state index in [1.807, 2.05) is 0 Å². The fourth-order valence-corrected chi connectivity index (χ4v) is 1.95. The minimum absolute atomic E-state index is 0.0636. The van der Waals surface area contributed by atoms with Crippen LogP contribution < -0.4 is 0 Å². The zero-order valence-corrected chi connectivity index (χ0v) is 9.48. The molecule has 1 unspecified atom stereocenters. The maximum Gasteiger partial charge on any atom is 0.143 e. The molecule has 1 aromatic carbocycles. The Morgan fingerprint density at radius 2 is 2.06 bits per heavy atom. The quantitative estimate of drug-likeness (QED) is 0.860. The molecular weight excluding hydrogens is 228 g/mol. The highest BCUT2D eigenvalue weighted by molar-refractivity contribution is 6.30. The number of aliphatic hydroxyl groups is 1. The van der Waals surface area contributed by atoms with Crippen molar-refractivity contribution in [1.82, 2.24) is 0 Å². The first-order chi connectivity index (χ1) is 7.68. The van der Waals surface area contributed by atoms with Gasteiger partial charge in [-0.25, -0.2) is 0 Å². The second-order valence-electron chi connectivity index (χ2n) is 3.89. The number of carbonyl (C=O) groups is 1. The highest BCUT2D eigenvalue weighted by Gasteiger charge is 2.30. The molecule has 0 aromatic heterocycles. The Hall–Kier alpha value is -0.900. The Balaban J connectivity index is 2.14. The molecule has 0 aliphatic carbocycles. The standard InChI is InChI=1S/C12H13ClO3/c13-9-3-1-8(2-4-9)12(15)10-7-16-6-5-11(10)14/h1-4,10,12,15H,5-7H2/t10-,12?/m1/s1. The van der Waals surface area contributed by atoms with Gasteiger partial charge in [0, 0.05) is 11.4 Å². The smallest absolute Gasteiger partial charge is 0.143 e. The summed E-state index contributed by atoms with van der Waals surface area (Å²) in [5.74, 6) is -0.386. The number of halogens is 1. The molecule has 1 aliphatic heterocycles. The average Bonchev–Trinajstić information content (AvgIpc) is 2.30. The van der Waals surface area contributed by atoms with Crippen molar-refractivity contribution in [2.45, 2.75) is 12.5 Å². The van der Waals surface area contributed by atoms with E-state index in [9.17, 15) is 9.90 Å². The van der Waals surface area contributed by atoms with Crippen molar-refractivity contribution in [3.63, 3.8) is 0 Å². The van der Waals surface area contributed by atoms with Crippen LogP contribution in [0.4, 0.5) is 0 Å². The van der Waals surface area contributed by atoms with Crippen molar-refractivity contribution in [1.29, 1.82) is 0 Å². The fourth-order valence-electron chi connectivity index (χ4n) is 1.82. The summed E-state index contributed by atoms with van der Waals surface area (Å²) in [5.41, 5.74) is 0.702. The molecule has 86 valence electrons. The van der Waals surface area contributed by atoms with Gasteiger partial charge in [0.15, 0.2) is 0 Å². The van der Waals surface area contributed by atoms with E-state index in [1.165, 1.54) is 0 Å². The molecule has 0 saturated carbocycles. The van der Waals surface area contributed by atoms with E-state index >= 15 is 0 Å². The minimum Gasteiger partial charge on any atom is -0.388 e. The fraction of sp³-hybridized carbons (Fsp3) is 0.417. The Morgan fingerprint density at radius 1 is 1.38 bits per heavy atom. The van der Waals surface area contributed by atoms with Crippen LogP contribution in [0.3, 0.4) is 0 Å². The first-order valence-corrected chi connectivity index (χ1v) is 5.60. The van der Waals surface area contributed by atoms with Crippen molar-refractivity contribution in [2.24, 2.45) is 5.92 Å². The summed E-state index contributed by atoms with van der Waals surface area (Å²) in [6, 6.07) is 6.87. The van der Waals surface area contributed by atoms with Crippen molar-refractivity contribution in [2.75, 3.05) is 13.2 Å². The monoisotopic (exact) mass is 240 g/mol. The zero-order valence-electron chi connectivity index (χ0n) is 8.73. The molecule has 4 heteroatoms. The molecule has 3 nitrogen and oxygen atoms in total. The largest absolute Gasteiger partial charge is 0.388 e. The number of carbonyl (C=O) groups excluding carboxylic acids is 1. The first kappa shape index (κ1) is 11.6. The van der Waals surface area contributed by atoms with Gasteiger partial charge < -0.3 is 9.84 Å². The summed E-state index contributed by atoms with van der Waals surface area (Å²) >= 11 is 5.76. The summed E-state index contributed by atoms with van der Waals surface area (Å²) in [5, 5.41) is 10.7. The molecule has 1 aromatic rings. The number of benzene rings is 1. The molecule has 0 bridgehead atoms. The summed E-state index contributed by atoms with van der Waals surface area (Å²) in [7, 11) is 0. The highest BCUT2D eigenvalue weighted by Crippen LogP contribution is 2.27. The van der Waals surface area contributed by atoms with Crippen LogP contribution in [-0.2, 0) is 9.53 Å². The van der Waals surface area contributed by atoms with Crippen molar-refractivity contribution in [3.05, 3.63) is 34.9 Å². The lowest BCUT2D eigenvalue weighted by Crippen LogP contribution is -2.32. The van der Waals surface area contributed by atoms with E-state index in [4.69, 9.17) is 16.3 Å². The van der Waals surface area contributed by atoms with Crippen LogP contribution in [0.2, 0.25) is 5.02 Å². The second-order valence-corrected chi connectivity index (χ2v) is 4.33. The van der Waals surface area contributed by atoms with Crippen molar-refractivity contribution >= 4 is 17.4 Å². The maximum atomic E-state index is 11.6. The van der Waals surface area contributed by atoms with E-state index in [2.05, 4.69) is 0 Å². The summed E-state index contributed by atoms with van der Waals surface area (Å²) in [4.78, 5) is 11.6. The van der Waals surface area contributed by atoms with Gasteiger partial charge in [0.1, 0.15) is 5.78 Å². The molecule has 16 heavy (non-hydrogen) atoms. The molecule has 1 fully saturated rings. The maximum absolute atomic E-state index is 11.6. The minimum atomic E-state index is -0.801. The second kappa shape index (κ2) is 4.95. The van der Waals surface area contributed by atoms with Gasteiger partial charge in [-0.15, -0.1) is 0 Å². The molecule has 1 N–H and O–H groups in total. The molecule has 2 atom stereocenters. The molecule has 1 heterocycles. The number of hydrogen-bond acceptors (Lipinski definition) is 3. The molecule has 2 rings (SSSR count).